The summed E-state index contributed by atoms with van der Waals surface area (Å²) < 4.78 is 0. The molecule has 0 aliphatic carbocycles. The van der Waals surface area contributed by atoms with Gasteiger partial charge < -0.3 is 10.7 Å². The summed E-state index contributed by atoms with van der Waals surface area (Å²) in [6, 6.07) is 3.37. The molecule has 0 atom stereocenters. The van der Waals surface area contributed by atoms with Crippen LogP contribution in [0.3, 0.4) is 0 Å². The number of pyridine rings is 1. The van der Waals surface area contributed by atoms with E-state index in [1.54, 1.807) is 24.5 Å². The molecule has 2 rings (SSSR count). The van der Waals surface area contributed by atoms with E-state index in [4.69, 9.17) is 5.84 Å². The van der Waals surface area contributed by atoms with Crippen LogP contribution in [0.5, 0.6) is 0 Å². The van der Waals surface area contributed by atoms with E-state index >= 15 is 0 Å². The minimum Gasteiger partial charge on any atom is -0.348 e. The van der Waals surface area contributed by atoms with E-state index in [1.807, 2.05) is 6.92 Å². The summed E-state index contributed by atoms with van der Waals surface area (Å²) in [4.78, 5) is 16.3. The Morgan fingerprint density at radius 1 is 1.47 bits per heavy atom. The first-order valence-electron chi connectivity index (χ1n) is 5.96. The van der Waals surface area contributed by atoms with Crippen molar-refractivity contribution in [1.29, 1.82) is 0 Å². The quantitative estimate of drug-likeness (QED) is 0.464. The predicted molar refractivity (Wildman–Crippen MR) is 71.2 cm³/mol. The number of aryl methyl sites for hydroxylation is 1. The van der Waals surface area contributed by atoms with Crippen molar-refractivity contribution in [2.75, 3.05) is 5.43 Å². The summed E-state index contributed by atoms with van der Waals surface area (Å²) >= 11 is 0. The topological polar surface area (TPSA) is 109 Å². The molecule has 100 valence electrons. The zero-order valence-corrected chi connectivity index (χ0v) is 10.6. The van der Waals surface area contributed by atoms with Gasteiger partial charge in [0.25, 0.3) is 5.91 Å². The Balaban J connectivity index is 2.09. The fourth-order valence-corrected chi connectivity index (χ4v) is 1.63. The SMILES string of the molecule is CCc1cc(C(=O)NCc2cn[nH]c2)cc(NN)n1. The second-order valence-corrected chi connectivity index (χ2v) is 4.02. The summed E-state index contributed by atoms with van der Waals surface area (Å²) in [6.07, 6.45) is 4.13. The Labute approximate surface area is 110 Å². The molecular weight excluding hydrogens is 244 g/mol. The number of anilines is 1. The lowest BCUT2D eigenvalue weighted by atomic mass is 10.2. The van der Waals surface area contributed by atoms with E-state index in [0.717, 1.165) is 17.7 Å². The van der Waals surface area contributed by atoms with Crippen molar-refractivity contribution >= 4 is 11.7 Å². The van der Waals surface area contributed by atoms with Crippen LogP contribution in [0.4, 0.5) is 5.82 Å². The van der Waals surface area contributed by atoms with Crippen molar-refractivity contribution in [2.45, 2.75) is 19.9 Å². The van der Waals surface area contributed by atoms with Gasteiger partial charge in [0.15, 0.2) is 0 Å². The van der Waals surface area contributed by atoms with E-state index < -0.39 is 0 Å². The minimum atomic E-state index is -0.171. The number of hydrazine groups is 1. The fourth-order valence-electron chi connectivity index (χ4n) is 1.63. The van der Waals surface area contributed by atoms with Crippen LogP contribution in [0, 0.1) is 0 Å². The molecule has 0 spiro atoms. The van der Waals surface area contributed by atoms with Gasteiger partial charge in [0.2, 0.25) is 0 Å². The second kappa shape index (κ2) is 5.96. The molecular formula is C12H16N6O. The van der Waals surface area contributed by atoms with Gasteiger partial charge in [0.1, 0.15) is 5.82 Å². The number of carbonyl (C=O) groups is 1. The first-order valence-corrected chi connectivity index (χ1v) is 5.96. The summed E-state index contributed by atoms with van der Waals surface area (Å²) in [5, 5.41) is 9.32. The molecule has 19 heavy (non-hydrogen) atoms. The number of nitrogens with zero attached hydrogens (tertiary/aromatic N) is 2. The predicted octanol–water partition coefficient (Wildman–Crippen LogP) is 0.583. The van der Waals surface area contributed by atoms with Gasteiger partial charge in [-0.3, -0.25) is 9.89 Å². The maximum atomic E-state index is 12.0. The zero-order chi connectivity index (χ0) is 13.7. The van der Waals surface area contributed by atoms with E-state index in [0.29, 0.717) is 17.9 Å². The van der Waals surface area contributed by atoms with Crippen LogP contribution in [-0.4, -0.2) is 21.1 Å². The van der Waals surface area contributed by atoms with Gasteiger partial charge in [-0.1, -0.05) is 6.92 Å². The summed E-state index contributed by atoms with van der Waals surface area (Å²) in [5.74, 6) is 5.64. The number of hydrogen-bond acceptors (Lipinski definition) is 5. The van der Waals surface area contributed by atoms with E-state index in [2.05, 4.69) is 25.9 Å². The minimum absolute atomic E-state index is 0.171. The van der Waals surface area contributed by atoms with E-state index in [-0.39, 0.29) is 5.91 Å². The Morgan fingerprint density at radius 3 is 2.95 bits per heavy atom. The van der Waals surface area contributed by atoms with Crippen LogP contribution >= 0.6 is 0 Å². The van der Waals surface area contributed by atoms with Gasteiger partial charge in [-0.05, 0) is 18.6 Å². The fraction of sp³-hybridized carbons (Fsp3) is 0.250. The van der Waals surface area contributed by atoms with Gasteiger partial charge in [0, 0.05) is 29.6 Å². The third-order valence-corrected chi connectivity index (χ3v) is 2.66. The Morgan fingerprint density at radius 2 is 2.32 bits per heavy atom. The number of aromatic amines is 1. The van der Waals surface area contributed by atoms with Crippen LogP contribution in [0.25, 0.3) is 0 Å². The molecule has 2 aromatic rings. The monoisotopic (exact) mass is 260 g/mol. The van der Waals surface area contributed by atoms with Crippen molar-refractivity contribution in [2.24, 2.45) is 5.84 Å². The molecule has 0 radical (unpaired) electrons. The van der Waals surface area contributed by atoms with Gasteiger partial charge in [-0.15, -0.1) is 0 Å². The van der Waals surface area contributed by atoms with Crippen molar-refractivity contribution in [3.8, 4) is 0 Å². The molecule has 0 saturated heterocycles. The van der Waals surface area contributed by atoms with Crippen molar-refractivity contribution in [3.63, 3.8) is 0 Å². The largest absolute Gasteiger partial charge is 0.348 e. The van der Waals surface area contributed by atoms with Crippen LogP contribution in [-0.2, 0) is 13.0 Å². The molecule has 7 heteroatoms. The number of H-pyrrole nitrogens is 1. The van der Waals surface area contributed by atoms with Crippen molar-refractivity contribution in [1.82, 2.24) is 20.5 Å². The summed E-state index contributed by atoms with van der Waals surface area (Å²) in [6.45, 7) is 2.39. The van der Waals surface area contributed by atoms with Gasteiger partial charge in [0.05, 0.1) is 6.20 Å². The smallest absolute Gasteiger partial charge is 0.251 e. The summed E-state index contributed by atoms with van der Waals surface area (Å²) in [7, 11) is 0. The number of carbonyl (C=O) groups excluding carboxylic acids is 1. The highest BCUT2D eigenvalue weighted by atomic mass is 16.1. The number of hydrogen-bond donors (Lipinski definition) is 4. The van der Waals surface area contributed by atoms with E-state index in [1.165, 1.54) is 0 Å². The van der Waals surface area contributed by atoms with Crippen molar-refractivity contribution in [3.05, 3.63) is 41.3 Å². The molecule has 0 aliphatic rings. The lowest BCUT2D eigenvalue weighted by molar-refractivity contribution is 0.0950. The lowest BCUT2D eigenvalue weighted by Gasteiger charge is -2.08. The number of amides is 1. The average molecular weight is 260 g/mol. The maximum absolute atomic E-state index is 12.0. The van der Waals surface area contributed by atoms with Gasteiger partial charge in [-0.25, -0.2) is 10.8 Å². The standard InChI is InChI=1S/C12H16N6O/c1-2-10-3-9(4-11(17-10)18-13)12(19)14-5-8-6-15-16-7-8/h3-4,6-7H,2,5,13H2,1H3,(H,14,19)(H,15,16)(H,17,18). The zero-order valence-electron chi connectivity index (χ0n) is 10.6. The highest BCUT2D eigenvalue weighted by molar-refractivity contribution is 5.94. The van der Waals surface area contributed by atoms with Gasteiger partial charge >= 0.3 is 0 Å². The lowest BCUT2D eigenvalue weighted by Crippen LogP contribution is -2.23. The Bertz CT molecular complexity index is 529. The molecule has 2 aromatic heterocycles. The maximum Gasteiger partial charge on any atom is 0.251 e. The molecule has 0 aliphatic heterocycles. The summed E-state index contributed by atoms with van der Waals surface area (Å²) in [5.41, 5.74) is 4.71. The number of rotatable bonds is 5. The average Bonchev–Trinajstić information content (AvgIpc) is 2.97. The third kappa shape index (κ3) is 3.29. The Hall–Kier alpha value is -2.41. The molecule has 0 fully saturated rings. The number of nitrogens with one attached hydrogen (secondary N) is 3. The molecule has 7 nitrogen and oxygen atoms in total. The highest BCUT2D eigenvalue weighted by Gasteiger charge is 2.09. The van der Waals surface area contributed by atoms with Crippen molar-refractivity contribution < 1.29 is 4.79 Å². The molecule has 0 bridgehead atoms. The molecule has 0 unspecified atom stereocenters. The number of nitrogen functional groups attached to an aromatic ring is 1. The van der Waals surface area contributed by atoms with Crippen LogP contribution < -0.4 is 16.6 Å². The third-order valence-electron chi connectivity index (χ3n) is 2.66. The molecule has 1 amide bonds. The van der Waals surface area contributed by atoms with Crippen LogP contribution in [0.15, 0.2) is 24.5 Å². The molecule has 5 N–H and O–H groups in total. The highest BCUT2D eigenvalue weighted by Crippen LogP contribution is 2.10. The Kier molecular flexibility index (Phi) is 4.09. The second-order valence-electron chi connectivity index (χ2n) is 4.02. The normalized spacial score (nSPS) is 10.2. The number of aromatic nitrogens is 3. The molecule has 2 heterocycles. The molecule has 0 aromatic carbocycles. The van der Waals surface area contributed by atoms with Crippen LogP contribution in [0.1, 0.15) is 28.5 Å². The van der Waals surface area contributed by atoms with Gasteiger partial charge in [-0.2, -0.15) is 5.10 Å². The number of nitrogens with two attached hydrogens (primary N) is 1. The van der Waals surface area contributed by atoms with E-state index in [9.17, 15) is 4.79 Å². The first kappa shape index (κ1) is 13.0. The first-order chi connectivity index (χ1) is 9.22. The molecule has 0 saturated carbocycles. The van der Waals surface area contributed by atoms with Crippen LogP contribution in [0.2, 0.25) is 0 Å².